The second-order valence-electron chi connectivity index (χ2n) is 8.97. The summed E-state index contributed by atoms with van der Waals surface area (Å²) in [5.74, 6) is -0.170. The van der Waals surface area contributed by atoms with Crippen LogP contribution in [0.5, 0.6) is 0 Å². The predicted molar refractivity (Wildman–Crippen MR) is 137 cm³/mol. The van der Waals surface area contributed by atoms with Gasteiger partial charge in [0.15, 0.2) is 0 Å². The lowest BCUT2D eigenvalue weighted by Crippen LogP contribution is -2.40. The Hall–Kier alpha value is -1.86. The highest BCUT2D eigenvalue weighted by Gasteiger charge is 2.40. The van der Waals surface area contributed by atoms with Crippen LogP contribution < -0.4 is 10.6 Å². The number of nitrogens with one attached hydrogen (secondary N) is 2. The van der Waals surface area contributed by atoms with E-state index in [1.807, 2.05) is 6.20 Å². The van der Waals surface area contributed by atoms with Crippen molar-refractivity contribution in [2.75, 3.05) is 0 Å². The molecule has 0 radical (unpaired) electrons. The molecule has 2 aliphatic carbocycles. The van der Waals surface area contributed by atoms with Gasteiger partial charge >= 0.3 is 5.97 Å². The third kappa shape index (κ3) is 8.14. The Kier molecular flexibility index (Phi) is 10.9. The molecule has 3 N–H and O–H groups in total. The average molecular weight is 495 g/mol. The molecule has 0 bridgehead atoms. The van der Waals surface area contributed by atoms with Crippen molar-refractivity contribution >= 4 is 36.9 Å². The van der Waals surface area contributed by atoms with Gasteiger partial charge in [-0.25, -0.2) is 0 Å². The molecule has 4 rings (SSSR count). The molecule has 2 fully saturated rings. The fourth-order valence-electron chi connectivity index (χ4n) is 4.78. The number of carboxylic acid groups (broad SMARTS) is 1. The van der Waals surface area contributed by atoms with Crippen molar-refractivity contribution in [1.82, 2.24) is 20.4 Å². The van der Waals surface area contributed by atoms with Crippen LogP contribution in [0.4, 0.5) is 0 Å². The Morgan fingerprint density at radius 2 is 1.85 bits per heavy atom. The number of benzene rings is 1. The number of aliphatic carboxylic acids is 1. The molecule has 33 heavy (non-hydrogen) atoms. The third-order valence-corrected chi connectivity index (χ3v) is 6.58. The summed E-state index contributed by atoms with van der Waals surface area (Å²) in [7, 11) is 0. The van der Waals surface area contributed by atoms with Crippen LogP contribution in [0.2, 0.25) is 0 Å². The van der Waals surface area contributed by atoms with Gasteiger partial charge in [0.05, 0.1) is 6.20 Å². The van der Waals surface area contributed by atoms with E-state index in [2.05, 4.69) is 59.1 Å². The summed E-state index contributed by atoms with van der Waals surface area (Å²) in [5.41, 5.74) is 3.92. The van der Waals surface area contributed by atoms with E-state index in [4.69, 9.17) is 5.11 Å². The van der Waals surface area contributed by atoms with Gasteiger partial charge < -0.3 is 15.7 Å². The highest BCUT2D eigenvalue weighted by Crippen LogP contribution is 2.40. The predicted octanol–water partition coefficient (Wildman–Crippen LogP) is 4.68. The van der Waals surface area contributed by atoms with Gasteiger partial charge in [-0.3, -0.25) is 9.48 Å². The molecule has 182 valence electrons. The van der Waals surface area contributed by atoms with Gasteiger partial charge in [0.2, 0.25) is 0 Å². The Balaban J connectivity index is 0.00000193. The van der Waals surface area contributed by atoms with E-state index in [9.17, 15) is 4.79 Å². The molecule has 2 aromatic rings. The van der Waals surface area contributed by atoms with Gasteiger partial charge in [-0.1, -0.05) is 48.9 Å². The minimum Gasteiger partial charge on any atom is -0.480 e. The monoisotopic (exact) mass is 494 g/mol. The SMILES string of the molecule is CC/C(=C\c1ccccc1)[C@@H]1C[C@H]1NC1CCC(NCc2cnn(CC(=O)O)c2)CC1.Cl.Cl. The van der Waals surface area contributed by atoms with E-state index in [0.717, 1.165) is 18.5 Å². The Morgan fingerprint density at radius 3 is 2.52 bits per heavy atom. The largest absolute Gasteiger partial charge is 0.480 e. The van der Waals surface area contributed by atoms with Crippen molar-refractivity contribution in [2.45, 2.75) is 76.7 Å². The molecule has 0 aliphatic heterocycles. The first kappa shape index (κ1) is 27.4. The lowest BCUT2D eigenvalue weighted by atomic mass is 9.91. The maximum absolute atomic E-state index is 10.8. The van der Waals surface area contributed by atoms with E-state index < -0.39 is 5.97 Å². The molecule has 2 saturated carbocycles. The van der Waals surface area contributed by atoms with Crippen molar-refractivity contribution in [3.63, 3.8) is 0 Å². The lowest BCUT2D eigenvalue weighted by molar-refractivity contribution is -0.137. The number of carboxylic acids is 1. The molecule has 1 heterocycles. The lowest BCUT2D eigenvalue weighted by Gasteiger charge is -2.30. The zero-order valence-corrected chi connectivity index (χ0v) is 20.8. The summed E-state index contributed by atoms with van der Waals surface area (Å²) in [6, 6.07) is 12.5. The molecule has 6 nitrogen and oxygen atoms in total. The highest BCUT2D eigenvalue weighted by atomic mass is 35.5. The maximum atomic E-state index is 10.8. The van der Waals surface area contributed by atoms with Gasteiger partial charge in [-0.2, -0.15) is 5.10 Å². The molecule has 1 aromatic heterocycles. The first-order chi connectivity index (χ1) is 15.1. The number of rotatable bonds is 10. The van der Waals surface area contributed by atoms with Crippen molar-refractivity contribution in [2.24, 2.45) is 5.92 Å². The van der Waals surface area contributed by atoms with Gasteiger partial charge in [0.1, 0.15) is 6.54 Å². The van der Waals surface area contributed by atoms with Crippen LogP contribution in [0.1, 0.15) is 56.6 Å². The second-order valence-corrected chi connectivity index (χ2v) is 8.97. The number of carbonyl (C=O) groups is 1. The first-order valence-corrected chi connectivity index (χ1v) is 11.6. The van der Waals surface area contributed by atoms with E-state index in [0.29, 0.717) is 24.0 Å². The number of hydrogen-bond donors (Lipinski definition) is 3. The average Bonchev–Trinajstić information content (AvgIpc) is 3.39. The first-order valence-electron chi connectivity index (χ1n) is 11.6. The quantitative estimate of drug-likeness (QED) is 0.446. The van der Waals surface area contributed by atoms with E-state index in [1.165, 1.54) is 42.3 Å². The minimum absolute atomic E-state index is 0. The molecule has 0 saturated heterocycles. The van der Waals surface area contributed by atoms with Crippen LogP contribution >= 0.6 is 24.8 Å². The molecule has 2 aliphatic rings. The normalized spacial score (nSPS) is 24.5. The molecular formula is C25H36Cl2N4O2. The van der Waals surface area contributed by atoms with Crippen molar-refractivity contribution in [1.29, 1.82) is 0 Å². The summed E-state index contributed by atoms with van der Waals surface area (Å²) in [6.07, 6.45) is 13.1. The second kappa shape index (κ2) is 13.1. The summed E-state index contributed by atoms with van der Waals surface area (Å²) >= 11 is 0. The molecule has 1 aromatic carbocycles. The molecule has 0 unspecified atom stereocenters. The van der Waals surface area contributed by atoms with Gasteiger partial charge in [-0.15, -0.1) is 24.8 Å². The number of nitrogens with zero attached hydrogens (tertiary/aromatic N) is 2. The summed E-state index contributed by atoms with van der Waals surface area (Å²) in [5, 5.41) is 20.5. The molecule has 2 atom stereocenters. The molecular weight excluding hydrogens is 459 g/mol. The molecule has 0 amide bonds. The Morgan fingerprint density at radius 1 is 1.15 bits per heavy atom. The van der Waals surface area contributed by atoms with E-state index in [-0.39, 0.29) is 31.4 Å². The summed E-state index contributed by atoms with van der Waals surface area (Å²) in [4.78, 5) is 10.8. The van der Waals surface area contributed by atoms with Gasteiger partial charge in [-0.05, 0) is 50.0 Å². The van der Waals surface area contributed by atoms with E-state index >= 15 is 0 Å². The van der Waals surface area contributed by atoms with Crippen LogP contribution in [-0.2, 0) is 17.9 Å². The van der Waals surface area contributed by atoms with Crippen molar-refractivity contribution in [3.05, 3.63) is 59.4 Å². The Labute approximate surface area is 209 Å². The summed E-state index contributed by atoms with van der Waals surface area (Å²) < 4.78 is 1.48. The van der Waals surface area contributed by atoms with Crippen molar-refractivity contribution in [3.8, 4) is 0 Å². The zero-order valence-electron chi connectivity index (χ0n) is 19.2. The van der Waals surface area contributed by atoms with E-state index in [1.54, 1.807) is 11.8 Å². The van der Waals surface area contributed by atoms with Crippen LogP contribution in [-0.4, -0.2) is 39.0 Å². The van der Waals surface area contributed by atoms with Crippen LogP contribution in [0.15, 0.2) is 48.3 Å². The Bertz CT molecular complexity index is 895. The minimum atomic E-state index is -0.868. The smallest absolute Gasteiger partial charge is 0.325 e. The van der Waals surface area contributed by atoms with Gasteiger partial charge in [0, 0.05) is 36.4 Å². The standard InChI is InChI=1S/C25H34N4O2.2ClH/c1-2-20(12-18-6-4-3-5-7-18)23-13-24(23)28-22-10-8-21(9-11-22)26-14-19-15-27-29(16-19)17-25(30)31;;/h3-7,12,15-16,21-24,26,28H,2,8-11,13-14,17H2,1H3,(H,30,31);2*1H/b20-12+;;/t21?,22?,23-,24+;;/m0../s1. The fraction of sp³-hybridized carbons (Fsp3) is 0.520. The number of hydrogen-bond acceptors (Lipinski definition) is 4. The zero-order chi connectivity index (χ0) is 21.6. The highest BCUT2D eigenvalue weighted by molar-refractivity contribution is 5.85. The van der Waals surface area contributed by atoms with Crippen molar-refractivity contribution < 1.29 is 9.90 Å². The number of halogens is 2. The molecule has 8 heteroatoms. The third-order valence-electron chi connectivity index (χ3n) is 6.58. The summed E-state index contributed by atoms with van der Waals surface area (Å²) in [6.45, 7) is 2.93. The van der Waals surface area contributed by atoms with Crippen LogP contribution in [0.25, 0.3) is 6.08 Å². The topological polar surface area (TPSA) is 79.2 Å². The van der Waals surface area contributed by atoms with Crippen LogP contribution in [0.3, 0.4) is 0 Å². The fourth-order valence-corrected chi connectivity index (χ4v) is 4.78. The molecule has 0 spiro atoms. The van der Waals surface area contributed by atoms with Crippen LogP contribution in [0, 0.1) is 5.92 Å². The maximum Gasteiger partial charge on any atom is 0.325 e. The van der Waals surface area contributed by atoms with Gasteiger partial charge in [0.25, 0.3) is 0 Å². The number of aromatic nitrogens is 2.